The third kappa shape index (κ3) is 2.52. The minimum absolute atomic E-state index is 0.0681. The molecule has 2 aliphatic carbocycles. The van der Waals surface area contributed by atoms with E-state index in [1.54, 1.807) is 0 Å². The van der Waals surface area contributed by atoms with Gasteiger partial charge in [0.1, 0.15) is 12.2 Å². The first-order valence-electron chi connectivity index (χ1n) is 9.02. The maximum Gasteiger partial charge on any atom is 0.470 e. The van der Waals surface area contributed by atoms with Gasteiger partial charge in [-0.15, -0.1) is 6.42 Å². The quantitative estimate of drug-likeness (QED) is 0.348. The van der Waals surface area contributed by atoms with Crippen LogP contribution in [0.4, 0.5) is 16.2 Å². The summed E-state index contributed by atoms with van der Waals surface area (Å²) in [6.45, 7) is 0. The molecule has 3 aliphatic rings. The number of ether oxygens (including phenoxy) is 1. The van der Waals surface area contributed by atoms with E-state index in [0.717, 1.165) is 12.8 Å². The van der Waals surface area contributed by atoms with Crippen LogP contribution in [0.1, 0.15) is 19.1 Å². The SMILES string of the molecule is C#C[C@]1(F)[C@H](n2cnc3c(N(C)C4CC4)nc(N)nc32)O[C@@H]2C(OP(=O)(O)O)[C@@]21O. The van der Waals surface area contributed by atoms with Crippen LogP contribution in [0.25, 0.3) is 11.2 Å². The van der Waals surface area contributed by atoms with Crippen molar-refractivity contribution < 1.29 is 33.1 Å². The van der Waals surface area contributed by atoms with Crippen molar-refractivity contribution in [3.63, 3.8) is 0 Å². The number of nitrogens with zero attached hydrogens (tertiary/aromatic N) is 5. The van der Waals surface area contributed by atoms with Crippen LogP contribution in [0.3, 0.4) is 0 Å². The number of alkyl halides is 1. The number of nitrogen functional groups attached to an aromatic ring is 1. The molecule has 5 N–H and O–H groups in total. The highest BCUT2D eigenvalue weighted by Crippen LogP contribution is 2.65. The maximum atomic E-state index is 15.9. The molecule has 5 rings (SSSR count). The van der Waals surface area contributed by atoms with Crippen molar-refractivity contribution in [1.29, 1.82) is 0 Å². The third-order valence-electron chi connectivity index (χ3n) is 5.79. The van der Waals surface area contributed by atoms with E-state index < -0.39 is 37.5 Å². The Bertz CT molecular complexity index is 1150. The molecule has 14 heteroatoms. The molecule has 0 aromatic carbocycles. The van der Waals surface area contributed by atoms with Crippen LogP contribution in [-0.2, 0) is 13.8 Å². The Labute approximate surface area is 169 Å². The number of rotatable bonds is 5. The van der Waals surface area contributed by atoms with Gasteiger partial charge in [-0.05, 0) is 12.8 Å². The van der Waals surface area contributed by atoms with E-state index in [-0.39, 0.29) is 11.6 Å². The second-order valence-corrected chi connectivity index (χ2v) is 8.87. The Kier molecular flexibility index (Phi) is 3.85. The second kappa shape index (κ2) is 5.88. The standard InChI is InChI=1S/C16H18FN6O6P/c1-3-15(17)13(28-9-10(16(9,15)24)29-30(25,26)27)23-6-19-8-11(22(2)7-4-5-7)20-14(18)21-12(8)23/h1,6-7,9-10,13,24H,4-5H2,2H3,(H2,18,20,21)(H2,25,26,27)/t9-,10?,13-,15+,16+/m1/s1. The van der Waals surface area contributed by atoms with Gasteiger partial charge < -0.3 is 30.3 Å². The molecule has 0 bridgehead atoms. The van der Waals surface area contributed by atoms with E-state index in [0.29, 0.717) is 17.4 Å². The summed E-state index contributed by atoms with van der Waals surface area (Å²) in [7, 11) is -3.17. The smallest absolute Gasteiger partial charge is 0.380 e. The number of fused-ring (bicyclic) bond motifs is 2. The molecule has 12 nitrogen and oxygen atoms in total. The molecule has 3 fully saturated rings. The van der Waals surface area contributed by atoms with Crippen LogP contribution in [-0.4, -0.2) is 71.0 Å². The van der Waals surface area contributed by atoms with Crippen molar-refractivity contribution in [2.24, 2.45) is 0 Å². The average molecular weight is 440 g/mol. The number of nitrogens with two attached hydrogens (primary N) is 1. The highest BCUT2D eigenvalue weighted by Gasteiger charge is 2.86. The van der Waals surface area contributed by atoms with Gasteiger partial charge in [-0.2, -0.15) is 9.97 Å². The van der Waals surface area contributed by atoms with Crippen LogP contribution >= 0.6 is 7.82 Å². The summed E-state index contributed by atoms with van der Waals surface area (Å²) in [4.78, 5) is 32.5. The van der Waals surface area contributed by atoms with Gasteiger partial charge in [-0.1, -0.05) is 5.92 Å². The summed E-state index contributed by atoms with van der Waals surface area (Å²) in [6.07, 6.45) is 4.02. The number of phosphoric ester groups is 1. The van der Waals surface area contributed by atoms with Gasteiger partial charge >= 0.3 is 7.82 Å². The lowest BCUT2D eigenvalue weighted by molar-refractivity contribution is -0.0924. The number of phosphoric acid groups is 1. The van der Waals surface area contributed by atoms with Crippen molar-refractivity contribution in [3.8, 4) is 12.3 Å². The van der Waals surface area contributed by atoms with Crippen LogP contribution in [0.2, 0.25) is 0 Å². The Hall–Kier alpha value is -2.33. The minimum atomic E-state index is -5.01. The highest BCUT2D eigenvalue weighted by atomic mass is 31.2. The molecule has 1 unspecified atom stereocenters. The number of anilines is 2. The summed E-state index contributed by atoms with van der Waals surface area (Å²) in [5.41, 5.74) is 1.00. The molecular formula is C16H18FN6O6P. The largest absolute Gasteiger partial charge is 0.470 e. The van der Waals surface area contributed by atoms with E-state index in [1.165, 1.54) is 10.9 Å². The first kappa shape index (κ1) is 19.6. The Morgan fingerprint density at radius 3 is 2.80 bits per heavy atom. The Morgan fingerprint density at radius 2 is 2.20 bits per heavy atom. The fraction of sp³-hybridized carbons (Fsp3) is 0.562. The van der Waals surface area contributed by atoms with Gasteiger partial charge in [-0.25, -0.2) is 13.9 Å². The number of imidazole rings is 1. The number of aromatic nitrogens is 4. The highest BCUT2D eigenvalue weighted by molar-refractivity contribution is 7.46. The Morgan fingerprint density at radius 1 is 1.50 bits per heavy atom. The number of aliphatic hydroxyl groups is 1. The van der Waals surface area contributed by atoms with Gasteiger partial charge in [0.2, 0.25) is 11.6 Å². The van der Waals surface area contributed by atoms with E-state index in [4.69, 9.17) is 26.7 Å². The molecule has 30 heavy (non-hydrogen) atoms. The van der Waals surface area contributed by atoms with E-state index >= 15 is 4.39 Å². The zero-order chi connectivity index (χ0) is 21.6. The summed E-state index contributed by atoms with van der Waals surface area (Å²) < 4.78 is 38.2. The summed E-state index contributed by atoms with van der Waals surface area (Å²) >= 11 is 0. The minimum Gasteiger partial charge on any atom is -0.380 e. The number of hydrogen-bond acceptors (Lipinski definition) is 9. The van der Waals surface area contributed by atoms with E-state index in [9.17, 15) is 9.67 Å². The summed E-state index contributed by atoms with van der Waals surface area (Å²) in [5, 5.41) is 10.7. The molecule has 2 aromatic heterocycles. The third-order valence-corrected chi connectivity index (χ3v) is 6.30. The summed E-state index contributed by atoms with van der Waals surface area (Å²) in [5.74, 6) is 2.26. The van der Waals surface area contributed by atoms with Gasteiger partial charge in [0.05, 0.1) is 6.33 Å². The van der Waals surface area contributed by atoms with E-state index in [1.807, 2.05) is 17.9 Å². The van der Waals surface area contributed by atoms with Crippen LogP contribution in [0, 0.1) is 12.3 Å². The molecule has 1 saturated heterocycles. The molecule has 0 amide bonds. The van der Waals surface area contributed by atoms with Crippen molar-refractivity contribution in [2.45, 2.75) is 48.6 Å². The lowest BCUT2D eigenvalue weighted by atomic mass is 9.96. The Balaban J connectivity index is 1.56. The predicted octanol–water partition coefficient (Wildman–Crippen LogP) is -0.531. The van der Waals surface area contributed by atoms with Crippen LogP contribution < -0.4 is 10.6 Å². The molecular weight excluding hydrogens is 422 g/mol. The molecule has 0 spiro atoms. The van der Waals surface area contributed by atoms with Gasteiger partial charge in [0, 0.05) is 13.1 Å². The van der Waals surface area contributed by atoms with Gasteiger partial charge in [0.15, 0.2) is 28.8 Å². The molecule has 0 radical (unpaired) electrons. The fourth-order valence-corrected chi connectivity index (χ4v) is 4.60. The fourth-order valence-electron chi connectivity index (χ4n) is 4.03. The topological polar surface area (TPSA) is 169 Å². The average Bonchev–Trinajstić information content (AvgIpc) is 3.53. The molecule has 1 aliphatic heterocycles. The molecule has 160 valence electrons. The normalized spacial score (nSPS) is 35.3. The molecule has 2 saturated carbocycles. The second-order valence-electron chi connectivity index (χ2n) is 7.68. The van der Waals surface area contributed by atoms with Crippen LogP contribution in [0.15, 0.2) is 6.33 Å². The molecule has 3 heterocycles. The number of terminal acetylenes is 1. The first-order chi connectivity index (χ1) is 14.0. The van der Waals surface area contributed by atoms with Crippen molar-refractivity contribution in [1.82, 2.24) is 19.5 Å². The van der Waals surface area contributed by atoms with Crippen molar-refractivity contribution >= 4 is 30.8 Å². The zero-order valence-corrected chi connectivity index (χ0v) is 16.5. The molecule has 2 aromatic rings. The monoisotopic (exact) mass is 440 g/mol. The van der Waals surface area contributed by atoms with Gasteiger partial charge in [-0.3, -0.25) is 9.09 Å². The summed E-state index contributed by atoms with van der Waals surface area (Å²) in [6, 6.07) is 0.292. The number of halogens is 1. The van der Waals surface area contributed by atoms with Crippen LogP contribution in [0.5, 0.6) is 0 Å². The first-order valence-corrected chi connectivity index (χ1v) is 10.6. The van der Waals surface area contributed by atoms with Gasteiger partial charge in [0.25, 0.3) is 0 Å². The van der Waals surface area contributed by atoms with Crippen molar-refractivity contribution in [2.75, 3.05) is 17.7 Å². The number of hydrogen-bond donors (Lipinski definition) is 4. The lowest BCUT2D eigenvalue weighted by Crippen LogP contribution is -2.46. The van der Waals surface area contributed by atoms with E-state index in [2.05, 4.69) is 19.5 Å². The zero-order valence-electron chi connectivity index (χ0n) is 15.6. The lowest BCUT2D eigenvalue weighted by Gasteiger charge is -2.29. The maximum absolute atomic E-state index is 15.9. The predicted molar refractivity (Wildman–Crippen MR) is 99.6 cm³/mol. The molecule has 5 atom stereocenters. The van der Waals surface area contributed by atoms with Crippen molar-refractivity contribution in [3.05, 3.63) is 6.33 Å².